The van der Waals surface area contributed by atoms with Gasteiger partial charge in [0.2, 0.25) is 0 Å². The summed E-state index contributed by atoms with van der Waals surface area (Å²) >= 11 is 0. The summed E-state index contributed by atoms with van der Waals surface area (Å²) in [5.74, 6) is 1.48. The van der Waals surface area contributed by atoms with Crippen molar-refractivity contribution in [2.24, 2.45) is 0 Å². The maximum Gasteiger partial charge on any atom is 0.174 e. The molecule has 2 rings (SSSR count). The zero-order valence-electron chi connectivity index (χ0n) is 7.82. The summed E-state index contributed by atoms with van der Waals surface area (Å²) in [6.07, 6.45) is 0. The predicted octanol–water partition coefficient (Wildman–Crippen LogP) is 2.31. The van der Waals surface area contributed by atoms with Crippen LogP contribution in [0.25, 0.3) is 0 Å². The minimum Gasteiger partial charge on any atom is -0.399 e. The molecule has 0 atom stereocenters. The molecule has 0 amide bonds. The van der Waals surface area contributed by atoms with E-state index < -0.39 is 0 Å². The van der Waals surface area contributed by atoms with E-state index in [0.717, 1.165) is 17.1 Å². The van der Waals surface area contributed by atoms with Crippen LogP contribution in [0.3, 0.4) is 0 Å². The molecule has 72 valence electrons. The Bertz CT molecular complexity index is 419. The van der Waals surface area contributed by atoms with Gasteiger partial charge in [0.15, 0.2) is 5.82 Å². The number of nitrogens with two attached hydrogens (primary N) is 1. The lowest BCUT2D eigenvalue weighted by molar-refractivity contribution is 0.400. The third kappa shape index (κ3) is 1.85. The molecule has 0 fully saturated rings. The van der Waals surface area contributed by atoms with E-state index >= 15 is 0 Å². The molecule has 1 heterocycles. The standard InChI is InChI=1S/C10H11N3O/c1-7-6-10(13-14-7)12-9-4-2-8(11)3-5-9/h2-6H,11H2,1H3,(H,12,13). The van der Waals surface area contributed by atoms with Crippen molar-refractivity contribution in [2.75, 3.05) is 11.1 Å². The summed E-state index contributed by atoms with van der Waals surface area (Å²) in [6.45, 7) is 1.85. The molecule has 0 saturated carbocycles. The average Bonchev–Trinajstić information content (AvgIpc) is 2.56. The van der Waals surface area contributed by atoms with Crippen molar-refractivity contribution >= 4 is 17.2 Å². The molecule has 1 aromatic carbocycles. The van der Waals surface area contributed by atoms with E-state index in [1.807, 2.05) is 37.3 Å². The first-order valence-corrected chi connectivity index (χ1v) is 4.30. The van der Waals surface area contributed by atoms with Crippen LogP contribution in [0.2, 0.25) is 0 Å². The van der Waals surface area contributed by atoms with Crippen molar-refractivity contribution in [3.8, 4) is 0 Å². The molecule has 0 aliphatic rings. The highest BCUT2D eigenvalue weighted by atomic mass is 16.5. The lowest BCUT2D eigenvalue weighted by Gasteiger charge is -2.01. The van der Waals surface area contributed by atoms with Gasteiger partial charge < -0.3 is 15.6 Å². The van der Waals surface area contributed by atoms with Crippen LogP contribution in [0.4, 0.5) is 17.2 Å². The van der Waals surface area contributed by atoms with Crippen molar-refractivity contribution in [3.05, 3.63) is 36.1 Å². The highest BCUT2D eigenvalue weighted by Gasteiger charge is 1.99. The van der Waals surface area contributed by atoms with Crippen LogP contribution in [0.1, 0.15) is 5.76 Å². The maximum atomic E-state index is 5.56. The number of rotatable bonds is 2. The summed E-state index contributed by atoms with van der Waals surface area (Å²) in [7, 11) is 0. The van der Waals surface area contributed by atoms with E-state index in [1.54, 1.807) is 0 Å². The van der Waals surface area contributed by atoms with E-state index in [0.29, 0.717) is 5.82 Å². The van der Waals surface area contributed by atoms with Gasteiger partial charge in [0, 0.05) is 17.4 Å². The first-order chi connectivity index (χ1) is 6.74. The molecular formula is C10H11N3O. The smallest absolute Gasteiger partial charge is 0.174 e. The predicted molar refractivity (Wildman–Crippen MR) is 55.4 cm³/mol. The molecular weight excluding hydrogens is 178 g/mol. The van der Waals surface area contributed by atoms with Gasteiger partial charge in [-0.3, -0.25) is 0 Å². The molecule has 0 aliphatic carbocycles. The lowest BCUT2D eigenvalue weighted by Crippen LogP contribution is -1.90. The van der Waals surface area contributed by atoms with E-state index in [9.17, 15) is 0 Å². The Labute approximate surface area is 81.7 Å². The summed E-state index contributed by atoms with van der Waals surface area (Å²) < 4.78 is 4.92. The number of aryl methyl sites for hydroxylation is 1. The van der Waals surface area contributed by atoms with Gasteiger partial charge in [0.1, 0.15) is 5.76 Å². The van der Waals surface area contributed by atoms with E-state index in [1.165, 1.54) is 0 Å². The first kappa shape index (κ1) is 8.62. The molecule has 1 aromatic heterocycles. The molecule has 3 N–H and O–H groups in total. The van der Waals surface area contributed by atoms with Crippen molar-refractivity contribution < 1.29 is 4.52 Å². The Hall–Kier alpha value is -1.97. The van der Waals surface area contributed by atoms with E-state index in [-0.39, 0.29) is 0 Å². The summed E-state index contributed by atoms with van der Waals surface area (Å²) in [5, 5.41) is 6.91. The minimum atomic E-state index is 0.701. The molecule has 4 heteroatoms. The Morgan fingerprint density at radius 1 is 1.29 bits per heavy atom. The van der Waals surface area contributed by atoms with Gasteiger partial charge in [-0.1, -0.05) is 5.16 Å². The Morgan fingerprint density at radius 3 is 2.57 bits per heavy atom. The van der Waals surface area contributed by atoms with Crippen LogP contribution in [0.5, 0.6) is 0 Å². The van der Waals surface area contributed by atoms with Crippen LogP contribution < -0.4 is 11.1 Å². The fraction of sp³-hybridized carbons (Fsp3) is 0.100. The number of nitrogens with one attached hydrogen (secondary N) is 1. The fourth-order valence-electron chi connectivity index (χ4n) is 1.14. The Kier molecular flexibility index (Phi) is 2.10. The normalized spacial score (nSPS) is 10.1. The minimum absolute atomic E-state index is 0.701. The second-order valence-corrected chi connectivity index (χ2v) is 3.07. The molecule has 0 saturated heterocycles. The number of hydrogen-bond acceptors (Lipinski definition) is 4. The second kappa shape index (κ2) is 3.41. The monoisotopic (exact) mass is 189 g/mol. The van der Waals surface area contributed by atoms with Crippen LogP contribution in [0.15, 0.2) is 34.9 Å². The third-order valence-corrected chi connectivity index (χ3v) is 1.81. The van der Waals surface area contributed by atoms with Gasteiger partial charge in [0.25, 0.3) is 0 Å². The molecule has 0 bridgehead atoms. The number of anilines is 3. The number of nitrogens with zero attached hydrogens (tertiary/aromatic N) is 1. The molecule has 0 radical (unpaired) electrons. The van der Waals surface area contributed by atoms with Gasteiger partial charge in [-0.25, -0.2) is 0 Å². The van der Waals surface area contributed by atoms with Crippen LogP contribution in [-0.2, 0) is 0 Å². The quantitative estimate of drug-likeness (QED) is 0.711. The molecule has 2 aromatic rings. The molecule has 0 spiro atoms. The van der Waals surface area contributed by atoms with Crippen LogP contribution in [-0.4, -0.2) is 5.16 Å². The maximum absolute atomic E-state index is 5.56. The van der Waals surface area contributed by atoms with Gasteiger partial charge in [0.05, 0.1) is 0 Å². The van der Waals surface area contributed by atoms with Crippen LogP contribution in [0, 0.1) is 6.92 Å². The van der Waals surface area contributed by atoms with E-state index in [4.69, 9.17) is 10.3 Å². The first-order valence-electron chi connectivity index (χ1n) is 4.30. The van der Waals surface area contributed by atoms with E-state index in [2.05, 4.69) is 10.5 Å². The van der Waals surface area contributed by atoms with Crippen molar-refractivity contribution in [1.29, 1.82) is 0 Å². The van der Waals surface area contributed by atoms with Crippen LogP contribution >= 0.6 is 0 Å². The second-order valence-electron chi connectivity index (χ2n) is 3.07. The number of benzene rings is 1. The summed E-state index contributed by atoms with van der Waals surface area (Å²) in [6, 6.07) is 9.26. The molecule has 14 heavy (non-hydrogen) atoms. The molecule has 0 unspecified atom stereocenters. The fourth-order valence-corrected chi connectivity index (χ4v) is 1.14. The molecule has 0 aliphatic heterocycles. The highest BCUT2D eigenvalue weighted by Crippen LogP contribution is 2.17. The van der Waals surface area contributed by atoms with Gasteiger partial charge in [-0.15, -0.1) is 0 Å². The highest BCUT2D eigenvalue weighted by molar-refractivity contribution is 5.58. The summed E-state index contributed by atoms with van der Waals surface area (Å²) in [5.41, 5.74) is 7.24. The average molecular weight is 189 g/mol. The summed E-state index contributed by atoms with van der Waals surface area (Å²) in [4.78, 5) is 0. The van der Waals surface area contributed by atoms with Crippen molar-refractivity contribution in [1.82, 2.24) is 5.16 Å². The third-order valence-electron chi connectivity index (χ3n) is 1.81. The van der Waals surface area contributed by atoms with Gasteiger partial charge >= 0.3 is 0 Å². The van der Waals surface area contributed by atoms with Crippen molar-refractivity contribution in [3.63, 3.8) is 0 Å². The zero-order valence-corrected chi connectivity index (χ0v) is 7.82. The SMILES string of the molecule is Cc1cc(Nc2ccc(N)cc2)no1. The van der Waals surface area contributed by atoms with Gasteiger partial charge in [-0.05, 0) is 31.2 Å². The molecule has 4 nitrogen and oxygen atoms in total. The van der Waals surface area contributed by atoms with Crippen molar-refractivity contribution in [2.45, 2.75) is 6.92 Å². The number of nitrogen functional groups attached to an aromatic ring is 1. The lowest BCUT2D eigenvalue weighted by atomic mass is 10.3. The Morgan fingerprint density at radius 2 is 2.00 bits per heavy atom. The largest absolute Gasteiger partial charge is 0.399 e. The Balaban J connectivity index is 2.15. The van der Waals surface area contributed by atoms with Gasteiger partial charge in [-0.2, -0.15) is 0 Å². The zero-order chi connectivity index (χ0) is 9.97. The number of aromatic nitrogens is 1. The number of hydrogen-bond donors (Lipinski definition) is 2. The topological polar surface area (TPSA) is 64.1 Å².